The Morgan fingerprint density at radius 3 is 1.66 bits per heavy atom. The summed E-state index contributed by atoms with van der Waals surface area (Å²) in [5, 5.41) is 8.39. The zero-order valence-corrected chi connectivity index (χ0v) is 31.8. The lowest BCUT2D eigenvalue weighted by atomic mass is 9.98. The van der Waals surface area contributed by atoms with Crippen LogP contribution < -0.4 is 0 Å². The third kappa shape index (κ3) is 4.73. The van der Waals surface area contributed by atoms with Gasteiger partial charge >= 0.3 is 0 Å². The van der Waals surface area contributed by atoms with E-state index in [4.69, 9.17) is 9.97 Å². The molecule has 0 aliphatic heterocycles. The number of aromatic nitrogens is 5. The van der Waals surface area contributed by atoms with Gasteiger partial charge in [-0.3, -0.25) is 8.97 Å². The summed E-state index contributed by atoms with van der Waals surface area (Å²) in [7, 11) is 0. The number of imidazole rings is 1. The molecule has 0 unspecified atom stereocenters. The molecule has 13 rings (SSSR count). The SMILES string of the molecule is c1ccc2cc(-n3c4ccccc4c4cc(-c5ccc(-c6ccc7c8ccccc8n(-c8nc9ccccc9c9nc%10ccccc%10n89)c7c6)cc5)ccc43)ccc2c1. The third-order valence-corrected chi connectivity index (χ3v) is 12.2. The first kappa shape index (κ1) is 32.1. The van der Waals surface area contributed by atoms with E-state index < -0.39 is 0 Å². The quantitative estimate of drug-likeness (QED) is 0.180. The normalized spacial score (nSPS) is 12.1. The van der Waals surface area contributed by atoms with E-state index in [1.54, 1.807) is 0 Å². The molecule has 0 radical (unpaired) electrons. The fourth-order valence-corrected chi connectivity index (χ4v) is 9.44. The van der Waals surface area contributed by atoms with Gasteiger partial charge < -0.3 is 4.57 Å². The summed E-state index contributed by atoms with van der Waals surface area (Å²) in [4.78, 5) is 10.5. The summed E-state index contributed by atoms with van der Waals surface area (Å²) in [6.07, 6.45) is 0. The van der Waals surface area contributed by atoms with E-state index in [1.807, 2.05) is 6.07 Å². The van der Waals surface area contributed by atoms with Crippen molar-refractivity contribution in [1.29, 1.82) is 0 Å². The maximum absolute atomic E-state index is 5.37. The molecule has 0 spiro atoms. The maximum atomic E-state index is 5.37. The van der Waals surface area contributed by atoms with Crippen molar-refractivity contribution in [2.45, 2.75) is 0 Å². The highest BCUT2D eigenvalue weighted by Gasteiger charge is 2.20. The average molecular weight is 752 g/mol. The summed E-state index contributed by atoms with van der Waals surface area (Å²) < 4.78 is 6.94. The minimum atomic E-state index is 0.823. The smallest absolute Gasteiger partial charge is 0.221 e. The summed E-state index contributed by atoms with van der Waals surface area (Å²) in [6.45, 7) is 0. The van der Waals surface area contributed by atoms with Crippen molar-refractivity contribution in [1.82, 2.24) is 23.5 Å². The fourth-order valence-electron chi connectivity index (χ4n) is 9.44. The Morgan fingerprint density at radius 1 is 0.305 bits per heavy atom. The molecule has 13 aromatic rings. The lowest BCUT2D eigenvalue weighted by Crippen LogP contribution is -2.06. The number of rotatable bonds is 4. The van der Waals surface area contributed by atoms with Crippen molar-refractivity contribution < 1.29 is 0 Å². The van der Waals surface area contributed by atoms with Crippen LogP contribution in [0, 0.1) is 0 Å². The van der Waals surface area contributed by atoms with Gasteiger partial charge in [0, 0.05) is 32.6 Å². The van der Waals surface area contributed by atoms with Gasteiger partial charge in [-0.2, -0.15) is 0 Å². The van der Waals surface area contributed by atoms with E-state index in [9.17, 15) is 0 Å². The molecule has 59 heavy (non-hydrogen) atoms. The van der Waals surface area contributed by atoms with E-state index in [0.29, 0.717) is 0 Å². The first-order chi connectivity index (χ1) is 29.2. The number of hydrogen-bond acceptors (Lipinski definition) is 2. The Balaban J connectivity index is 0.945. The lowest BCUT2D eigenvalue weighted by molar-refractivity contribution is 0.979. The maximum Gasteiger partial charge on any atom is 0.221 e. The van der Waals surface area contributed by atoms with Crippen LogP contribution in [0.2, 0.25) is 0 Å². The summed E-state index contributed by atoms with van der Waals surface area (Å²) in [5.41, 5.74) is 14.3. The molecule has 0 aliphatic rings. The number of fused-ring (bicyclic) bond motifs is 12. The molecule has 274 valence electrons. The van der Waals surface area contributed by atoms with Gasteiger partial charge in [-0.1, -0.05) is 133 Å². The van der Waals surface area contributed by atoms with Crippen LogP contribution in [0.25, 0.3) is 116 Å². The molecular formula is C54H33N5. The van der Waals surface area contributed by atoms with E-state index in [2.05, 4.69) is 208 Å². The molecule has 0 aliphatic carbocycles. The van der Waals surface area contributed by atoms with Gasteiger partial charge in [0.2, 0.25) is 5.95 Å². The van der Waals surface area contributed by atoms with E-state index in [-0.39, 0.29) is 0 Å². The average Bonchev–Trinajstić information content (AvgIpc) is 3.97. The minimum Gasteiger partial charge on any atom is -0.309 e. The molecule has 9 aromatic carbocycles. The molecular weight excluding hydrogens is 719 g/mol. The number of hydrogen-bond donors (Lipinski definition) is 0. The van der Waals surface area contributed by atoms with Crippen molar-refractivity contribution >= 4 is 82.0 Å². The van der Waals surface area contributed by atoms with Crippen LogP contribution in [0.5, 0.6) is 0 Å². The van der Waals surface area contributed by atoms with Gasteiger partial charge in [-0.25, -0.2) is 9.97 Å². The molecule has 0 saturated carbocycles. The zero-order valence-electron chi connectivity index (χ0n) is 31.8. The van der Waals surface area contributed by atoms with Gasteiger partial charge in [0.25, 0.3) is 0 Å². The predicted molar refractivity (Wildman–Crippen MR) is 245 cm³/mol. The second-order valence-electron chi connectivity index (χ2n) is 15.5. The van der Waals surface area contributed by atoms with Gasteiger partial charge in [-0.15, -0.1) is 0 Å². The van der Waals surface area contributed by atoms with E-state index in [0.717, 1.165) is 55.7 Å². The van der Waals surface area contributed by atoms with Gasteiger partial charge in [0.1, 0.15) is 5.65 Å². The first-order valence-corrected chi connectivity index (χ1v) is 20.1. The summed E-state index contributed by atoms with van der Waals surface area (Å²) in [6, 6.07) is 72.1. The molecule has 4 aromatic heterocycles. The van der Waals surface area contributed by atoms with Crippen LogP contribution in [0.3, 0.4) is 0 Å². The molecule has 4 heterocycles. The predicted octanol–water partition coefficient (Wildman–Crippen LogP) is 13.7. The van der Waals surface area contributed by atoms with Crippen LogP contribution in [0.4, 0.5) is 0 Å². The summed E-state index contributed by atoms with van der Waals surface area (Å²) >= 11 is 0. The first-order valence-electron chi connectivity index (χ1n) is 20.1. The molecule has 0 N–H and O–H groups in total. The Morgan fingerprint density at radius 2 is 0.864 bits per heavy atom. The molecule has 0 amide bonds. The van der Waals surface area contributed by atoms with Crippen LogP contribution >= 0.6 is 0 Å². The van der Waals surface area contributed by atoms with E-state index in [1.165, 1.54) is 60.2 Å². The molecule has 0 bridgehead atoms. The lowest BCUT2D eigenvalue weighted by Gasteiger charge is -2.13. The monoisotopic (exact) mass is 751 g/mol. The van der Waals surface area contributed by atoms with Crippen LogP contribution in [0.15, 0.2) is 200 Å². The van der Waals surface area contributed by atoms with Gasteiger partial charge in [0.15, 0.2) is 0 Å². The Hall–Kier alpha value is -8.02. The fraction of sp³-hybridized carbons (Fsp3) is 0. The van der Waals surface area contributed by atoms with Crippen molar-refractivity contribution in [2.75, 3.05) is 0 Å². The van der Waals surface area contributed by atoms with Crippen LogP contribution in [-0.2, 0) is 0 Å². The van der Waals surface area contributed by atoms with Crippen LogP contribution in [0.1, 0.15) is 0 Å². The highest BCUT2D eigenvalue weighted by Crippen LogP contribution is 2.39. The summed E-state index contributed by atoms with van der Waals surface area (Å²) in [5.74, 6) is 0.823. The Kier molecular flexibility index (Phi) is 6.66. The highest BCUT2D eigenvalue weighted by atomic mass is 15.2. The van der Waals surface area contributed by atoms with Crippen molar-refractivity contribution in [3.63, 3.8) is 0 Å². The second kappa shape index (κ2) is 12.2. The van der Waals surface area contributed by atoms with Gasteiger partial charge in [-0.05, 0) is 99.8 Å². The van der Waals surface area contributed by atoms with Crippen molar-refractivity contribution in [3.8, 4) is 33.9 Å². The van der Waals surface area contributed by atoms with E-state index >= 15 is 0 Å². The largest absolute Gasteiger partial charge is 0.309 e. The molecule has 5 heteroatoms. The van der Waals surface area contributed by atoms with Crippen molar-refractivity contribution in [3.05, 3.63) is 200 Å². The molecule has 0 atom stereocenters. The molecule has 0 fully saturated rings. The van der Waals surface area contributed by atoms with Crippen molar-refractivity contribution in [2.24, 2.45) is 0 Å². The number of benzene rings is 9. The van der Waals surface area contributed by atoms with Gasteiger partial charge in [0.05, 0.1) is 38.6 Å². The Bertz CT molecular complexity index is 3850. The number of nitrogens with zero attached hydrogens (tertiary/aromatic N) is 5. The van der Waals surface area contributed by atoms with Crippen LogP contribution in [-0.4, -0.2) is 23.5 Å². The zero-order chi connectivity index (χ0) is 38.6. The minimum absolute atomic E-state index is 0.823. The third-order valence-electron chi connectivity index (χ3n) is 12.2. The highest BCUT2D eigenvalue weighted by molar-refractivity contribution is 6.12. The topological polar surface area (TPSA) is 40.0 Å². The second-order valence-corrected chi connectivity index (χ2v) is 15.5. The number of para-hydroxylation sites is 5. The standard InChI is InChI=1S/C54H33N5/c1-2-12-37-31-40(28-25-34(37)11-1)57-48-18-8-5-14-42(48)45-32-38(27-30-50(45)57)35-21-23-36(24-22-35)39-26-29-43-41-13-4-9-19-49(41)58(52(43)33-39)54-56-46-16-6-3-15-44(46)53-55-47-17-7-10-20-51(47)59(53)54/h1-33H. The molecule has 5 nitrogen and oxygen atoms in total. The Labute approximate surface area is 338 Å². The molecule has 0 saturated heterocycles.